The minimum atomic E-state index is -0.541. The predicted octanol–water partition coefficient (Wildman–Crippen LogP) is 5.33. The Morgan fingerprint density at radius 3 is 2.39 bits per heavy atom. The molecule has 0 unspecified atom stereocenters. The van der Waals surface area contributed by atoms with E-state index in [1.807, 2.05) is 43.5 Å². The van der Waals surface area contributed by atoms with Crippen LogP contribution in [0.5, 0.6) is 0 Å². The number of carbonyl (C=O) groups excluding carboxylic acids is 3. The molecule has 0 aliphatic heterocycles. The molecule has 9 heteroatoms. The Kier molecular flexibility index (Phi) is 8.67. The van der Waals surface area contributed by atoms with E-state index < -0.39 is 17.7 Å². The molecule has 1 aromatic carbocycles. The van der Waals surface area contributed by atoms with Gasteiger partial charge in [0.05, 0.1) is 30.4 Å². The number of benzene rings is 1. The molecule has 0 bridgehead atoms. The number of carbonyl (C=O) groups is 3. The van der Waals surface area contributed by atoms with Gasteiger partial charge < -0.3 is 14.0 Å². The van der Waals surface area contributed by atoms with Gasteiger partial charge in [-0.15, -0.1) is 11.3 Å². The molecule has 0 N–H and O–H groups in total. The number of nitrogens with zero attached hydrogens (tertiary/aromatic N) is 3. The number of rotatable bonds is 8. The molecule has 0 spiro atoms. The van der Waals surface area contributed by atoms with Crippen molar-refractivity contribution in [3.63, 3.8) is 0 Å². The largest absolute Gasteiger partial charge is 0.465 e. The van der Waals surface area contributed by atoms with Crippen molar-refractivity contribution >= 4 is 35.1 Å². The first kappa shape index (κ1) is 28.1. The lowest BCUT2D eigenvalue weighted by molar-refractivity contribution is -0.114. The van der Waals surface area contributed by atoms with E-state index >= 15 is 0 Å². The molecule has 0 saturated heterocycles. The number of Topliss-reactive ketones (excluding diaryl/α,β-unsaturated/α-hetero) is 1. The Bertz CT molecular complexity index is 1560. The second-order valence-corrected chi connectivity index (χ2v) is 9.66. The van der Waals surface area contributed by atoms with E-state index in [-0.39, 0.29) is 29.0 Å². The van der Waals surface area contributed by atoms with E-state index in [4.69, 9.17) is 9.47 Å². The quantitative estimate of drug-likeness (QED) is 0.220. The van der Waals surface area contributed by atoms with Crippen molar-refractivity contribution in [3.8, 4) is 17.8 Å². The molecule has 8 nitrogen and oxygen atoms in total. The number of aromatic nitrogens is 1. The molecule has 0 fully saturated rings. The van der Waals surface area contributed by atoms with Gasteiger partial charge >= 0.3 is 11.9 Å². The molecule has 2 heterocycles. The van der Waals surface area contributed by atoms with Crippen molar-refractivity contribution in [2.75, 3.05) is 13.7 Å². The highest BCUT2D eigenvalue weighted by atomic mass is 32.1. The maximum atomic E-state index is 13.1. The van der Waals surface area contributed by atoms with Gasteiger partial charge in [-0.3, -0.25) is 4.79 Å². The zero-order valence-corrected chi connectivity index (χ0v) is 22.9. The van der Waals surface area contributed by atoms with Crippen LogP contribution < -0.4 is 0 Å². The Morgan fingerprint density at radius 2 is 1.79 bits per heavy atom. The Balaban J connectivity index is 2.00. The molecular formula is C29H27N3O5S. The summed E-state index contributed by atoms with van der Waals surface area (Å²) in [5, 5.41) is 19.4. The number of ketones is 1. The number of hydrogen-bond donors (Lipinski definition) is 0. The van der Waals surface area contributed by atoms with Crippen LogP contribution in [0, 0.1) is 50.4 Å². The van der Waals surface area contributed by atoms with Crippen LogP contribution in [0.15, 0.2) is 29.8 Å². The van der Waals surface area contributed by atoms with Gasteiger partial charge in [0.25, 0.3) is 0 Å². The summed E-state index contributed by atoms with van der Waals surface area (Å²) < 4.78 is 11.9. The highest BCUT2D eigenvalue weighted by molar-refractivity contribution is 7.14. The molecular weight excluding hydrogens is 502 g/mol. The van der Waals surface area contributed by atoms with Crippen LogP contribution >= 0.6 is 11.3 Å². The van der Waals surface area contributed by atoms with Gasteiger partial charge in [-0.05, 0) is 75.6 Å². The lowest BCUT2D eigenvalue weighted by atomic mass is 10.0. The standard InChI is InChI=1S/C29H27N3O5S/c1-7-37-29(35)27-18(4)23(15-31)26(38-27)13-25(33)21(14-30)12-20-11-16(2)32(19(20)5)24-10-8-9-22(17(24)3)28(34)36-6/h8-12H,7,13H2,1-6H3/b21-12-. The highest BCUT2D eigenvalue weighted by Gasteiger charge is 2.24. The number of aryl methyl sites for hydroxylation is 1. The van der Waals surface area contributed by atoms with Crippen LogP contribution in [0.4, 0.5) is 0 Å². The molecule has 194 valence electrons. The van der Waals surface area contributed by atoms with Gasteiger partial charge in [0, 0.05) is 28.4 Å². The zero-order chi connectivity index (χ0) is 28.1. The van der Waals surface area contributed by atoms with Crippen LogP contribution in [0.3, 0.4) is 0 Å². The van der Waals surface area contributed by atoms with Gasteiger partial charge in [-0.1, -0.05) is 6.07 Å². The smallest absolute Gasteiger partial charge is 0.348 e. The third-order valence-corrected chi connectivity index (χ3v) is 7.53. The number of hydrogen-bond acceptors (Lipinski definition) is 8. The number of methoxy groups -OCH3 is 1. The number of ether oxygens (including phenoxy) is 2. The topological polar surface area (TPSA) is 122 Å². The summed E-state index contributed by atoms with van der Waals surface area (Å²) in [5.74, 6) is -1.44. The van der Waals surface area contributed by atoms with E-state index in [2.05, 4.69) is 6.07 Å². The lowest BCUT2D eigenvalue weighted by Crippen LogP contribution is -2.08. The van der Waals surface area contributed by atoms with E-state index in [9.17, 15) is 24.9 Å². The maximum absolute atomic E-state index is 13.1. The summed E-state index contributed by atoms with van der Waals surface area (Å²) in [7, 11) is 1.33. The minimum absolute atomic E-state index is 0.0714. The average Bonchev–Trinajstić information content (AvgIpc) is 3.36. The van der Waals surface area contributed by atoms with Crippen LogP contribution in [0.1, 0.15) is 65.5 Å². The fourth-order valence-electron chi connectivity index (χ4n) is 4.31. The molecule has 38 heavy (non-hydrogen) atoms. The fraction of sp³-hybridized carbons (Fsp3) is 0.276. The van der Waals surface area contributed by atoms with Crippen molar-refractivity contribution < 1.29 is 23.9 Å². The van der Waals surface area contributed by atoms with Crippen LogP contribution in [0.25, 0.3) is 11.8 Å². The first-order valence-electron chi connectivity index (χ1n) is 11.8. The van der Waals surface area contributed by atoms with Gasteiger partial charge in [-0.25, -0.2) is 9.59 Å². The zero-order valence-electron chi connectivity index (χ0n) is 22.1. The van der Waals surface area contributed by atoms with Crippen molar-refractivity contribution in [3.05, 3.63) is 78.8 Å². The SMILES string of the molecule is CCOC(=O)c1sc(CC(=O)/C(C#N)=C\c2cc(C)n(-c3cccc(C(=O)OC)c3C)c2C)c(C#N)c1C. The summed E-state index contributed by atoms with van der Waals surface area (Å²) in [6.45, 7) is 9.12. The maximum Gasteiger partial charge on any atom is 0.348 e. The first-order chi connectivity index (χ1) is 18.1. The van der Waals surface area contributed by atoms with E-state index in [1.54, 1.807) is 26.0 Å². The molecule has 3 aromatic rings. The van der Waals surface area contributed by atoms with Gasteiger partial charge in [-0.2, -0.15) is 10.5 Å². The summed E-state index contributed by atoms with van der Waals surface area (Å²) in [6.07, 6.45) is 1.34. The summed E-state index contributed by atoms with van der Waals surface area (Å²) in [5.41, 5.74) is 4.92. The van der Waals surface area contributed by atoms with E-state index in [0.717, 1.165) is 34.0 Å². The second kappa shape index (κ2) is 11.7. The molecule has 3 rings (SSSR count). The number of nitriles is 2. The van der Waals surface area contributed by atoms with Crippen LogP contribution in [0.2, 0.25) is 0 Å². The molecule has 0 saturated carbocycles. The van der Waals surface area contributed by atoms with Crippen molar-refractivity contribution in [1.82, 2.24) is 4.57 Å². The van der Waals surface area contributed by atoms with E-state index in [0.29, 0.717) is 21.6 Å². The van der Waals surface area contributed by atoms with Crippen LogP contribution in [-0.4, -0.2) is 36.0 Å². The molecule has 0 aliphatic rings. The summed E-state index contributed by atoms with van der Waals surface area (Å²) in [6, 6.07) is 11.3. The van der Waals surface area contributed by atoms with Gasteiger partial charge in [0.1, 0.15) is 17.0 Å². The van der Waals surface area contributed by atoms with E-state index in [1.165, 1.54) is 13.2 Å². The third kappa shape index (κ3) is 5.29. The number of allylic oxidation sites excluding steroid dienone is 1. The number of esters is 2. The number of thiophene rings is 1. The lowest BCUT2D eigenvalue weighted by Gasteiger charge is -2.15. The molecule has 0 radical (unpaired) electrons. The third-order valence-electron chi connectivity index (χ3n) is 6.26. The fourth-order valence-corrected chi connectivity index (χ4v) is 5.46. The highest BCUT2D eigenvalue weighted by Crippen LogP contribution is 2.30. The monoisotopic (exact) mass is 529 g/mol. The van der Waals surface area contributed by atoms with Gasteiger partial charge in [0.2, 0.25) is 0 Å². The van der Waals surface area contributed by atoms with Crippen LogP contribution in [-0.2, 0) is 20.7 Å². The average molecular weight is 530 g/mol. The van der Waals surface area contributed by atoms with Crippen molar-refractivity contribution in [1.29, 1.82) is 10.5 Å². The second-order valence-electron chi connectivity index (χ2n) is 8.56. The normalized spacial score (nSPS) is 11.0. The molecule has 0 atom stereocenters. The Morgan fingerprint density at radius 1 is 1.08 bits per heavy atom. The molecule has 0 aliphatic carbocycles. The Labute approximate surface area is 225 Å². The predicted molar refractivity (Wildman–Crippen MR) is 143 cm³/mol. The Hall–Kier alpha value is -4.47. The van der Waals surface area contributed by atoms with Crippen molar-refractivity contribution in [2.24, 2.45) is 0 Å². The first-order valence-corrected chi connectivity index (χ1v) is 12.6. The molecule has 0 amide bonds. The van der Waals surface area contributed by atoms with Gasteiger partial charge in [0.15, 0.2) is 5.78 Å². The summed E-state index contributed by atoms with van der Waals surface area (Å²) in [4.78, 5) is 38.3. The summed E-state index contributed by atoms with van der Waals surface area (Å²) >= 11 is 1.04. The molecule has 2 aromatic heterocycles. The van der Waals surface area contributed by atoms with Crippen molar-refractivity contribution in [2.45, 2.75) is 41.0 Å². The minimum Gasteiger partial charge on any atom is -0.465 e.